The largest absolute Gasteiger partial charge is 0.340 e. The molecule has 4 nitrogen and oxygen atoms in total. The molecule has 0 fully saturated rings. The van der Waals surface area contributed by atoms with Crippen molar-refractivity contribution in [2.45, 2.75) is 13.5 Å². The number of aryl methyl sites for hydroxylation is 1. The standard InChI is InChI=1S/C8H8N4S/c1-4-11-8-7(13-4)5-2-9-10-3-6(5)12-8/h2,10,12H,3H2,1H3. The fraction of sp³-hybridized carbons (Fsp3) is 0.250. The maximum Gasteiger partial charge on any atom is 0.149 e. The van der Waals surface area contributed by atoms with Crippen molar-refractivity contribution in [3.05, 3.63) is 16.3 Å². The van der Waals surface area contributed by atoms with Gasteiger partial charge in [-0.25, -0.2) is 4.98 Å². The lowest BCUT2D eigenvalue weighted by Gasteiger charge is -2.04. The van der Waals surface area contributed by atoms with E-state index in [9.17, 15) is 0 Å². The van der Waals surface area contributed by atoms with Crippen LogP contribution in [-0.2, 0) is 6.54 Å². The van der Waals surface area contributed by atoms with Crippen LogP contribution < -0.4 is 5.43 Å². The maximum absolute atomic E-state index is 4.39. The van der Waals surface area contributed by atoms with Crippen LogP contribution in [0.3, 0.4) is 0 Å². The first-order chi connectivity index (χ1) is 6.34. The van der Waals surface area contributed by atoms with Crippen LogP contribution in [0.25, 0.3) is 10.3 Å². The molecule has 3 rings (SSSR count). The maximum atomic E-state index is 4.39. The second kappa shape index (κ2) is 2.32. The molecule has 0 aliphatic carbocycles. The predicted molar refractivity (Wildman–Crippen MR) is 53.1 cm³/mol. The Balaban J connectivity index is 2.38. The lowest BCUT2D eigenvalue weighted by Crippen LogP contribution is -2.12. The third kappa shape index (κ3) is 0.904. The molecule has 13 heavy (non-hydrogen) atoms. The fourth-order valence-electron chi connectivity index (χ4n) is 1.55. The molecule has 66 valence electrons. The van der Waals surface area contributed by atoms with Gasteiger partial charge in [0, 0.05) is 11.3 Å². The van der Waals surface area contributed by atoms with Crippen molar-refractivity contribution in [1.82, 2.24) is 15.4 Å². The zero-order chi connectivity index (χ0) is 8.84. The van der Waals surface area contributed by atoms with Gasteiger partial charge in [0.05, 0.1) is 22.5 Å². The summed E-state index contributed by atoms with van der Waals surface area (Å²) in [5.74, 6) is 0. The van der Waals surface area contributed by atoms with Crippen molar-refractivity contribution in [1.29, 1.82) is 0 Å². The number of aromatic amines is 1. The first-order valence-corrected chi connectivity index (χ1v) is 4.90. The number of rotatable bonds is 0. The van der Waals surface area contributed by atoms with Gasteiger partial charge >= 0.3 is 0 Å². The van der Waals surface area contributed by atoms with Crippen molar-refractivity contribution >= 4 is 27.9 Å². The quantitative estimate of drug-likeness (QED) is 0.662. The van der Waals surface area contributed by atoms with Gasteiger partial charge < -0.3 is 10.4 Å². The molecule has 0 bridgehead atoms. The van der Waals surface area contributed by atoms with E-state index in [1.165, 1.54) is 16.0 Å². The van der Waals surface area contributed by atoms with Gasteiger partial charge in [-0.05, 0) is 6.92 Å². The van der Waals surface area contributed by atoms with Crippen LogP contribution in [0.1, 0.15) is 16.3 Å². The molecule has 1 aliphatic rings. The Morgan fingerprint density at radius 3 is 3.38 bits per heavy atom. The van der Waals surface area contributed by atoms with Gasteiger partial charge in [0.25, 0.3) is 0 Å². The van der Waals surface area contributed by atoms with Gasteiger partial charge in [0.15, 0.2) is 0 Å². The summed E-state index contributed by atoms with van der Waals surface area (Å²) >= 11 is 1.71. The normalized spacial score (nSPS) is 14.5. The molecule has 0 unspecified atom stereocenters. The number of hydrogen-bond acceptors (Lipinski definition) is 4. The Kier molecular flexibility index (Phi) is 1.26. The van der Waals surface area contributed by atoms with E-state index in [1.54, 1.807) is 11.3 Å². The van der Waals surface area contributed by atoms with E-state index in [1.807, 2.05) is 13.1 Å². The van der Waals surface area contributed by atoms with Crippen LogP contribution in [0, 0.1) is 6.92 Å². The predicted octanol–water partition coefficient (Wildman–Crippen LogP) is 1.37. The molecule has 0 saturated carbocycles. The summed E-state index contributed by atoms with van der Waals surface area (Å²) in [6.07, 6.45) is 1.86. The topological polar surface area (TPSA) is 53.1 Å². The van der Waals surface area contributed by atoms with E-state index < -0.39 is 0 Å². The van der Waals surface area contributed by atoms with Crippen LogP contribution >= 0.6 is 11.3 Å². The first-order valence-electron chi connectivity index (χ1n) is 4.08. The van der Waals surface area contributed by atoms with Crippen LogP contribution in [0.4, 0.5) is 0 Å². The van der Waals surface area contributed by atoms with Crippen molar-refractivity contribution in [3.63, 3.8) is 0 Å². The number of fused-ring (bicyclic) bond motifs is 3. The van der Waals surface area contributed by atoms with Crippen LogP contribution in [0.2, 0.25) is 0 Å². The van der Waals surface area contributed by atoms with Crippen LogP contribution in [0.15, 0.2) is 5.10 Å². The third-order valence-electron chi connectivity index (χ3n) is 2.11. The molecule has 0 saturated heterocycles. The van der Waals surface area contributed by atoms with Gasteiger partial charge in [-0.3, -0.25) is 0 Å². The lowest BCUT2D eigenvalue weighted by molar-refractivity contribution is 0.722. The highest BCUT2D eigenvalue weighted by molar-refractivity contribution is 7.18. The van der Waals surface area contributed by atoms with Crippen molar-refractivity contribution in [3.8, 4) is 0 Å². The smallest absolute Gasteiger partial charge is 0.149 e. The Labute approximate surface area is 78.7 Å². The minimum Gasteiger partial charge on any atom is -0.340 e. The summed E-state index contributed by atoms with van der Waals surface area (Å²) in [7, 11) is 0. The summed E-state index contributed by atoms with van der Waals surface area (Å²) in [6.45, 7) is 2.79. The Morgan fingerprint density at radius 2 is 2.46 bits per heavy atom. The average molecular weight is 192 g/mol. The number of thiazole rings is 1. The molecule has 5 heteroatoms. The highest BCUT2D eigenvalue weighted by Crippen LogP contribution is 2.27. The van der Waals surface area contributed by atoms with Gasteiger partial charge in [0.2, 0.25) is 0 Å². The van der Waals surface area contributed by atoms with Gasteiger partial charge in [-0.1, -0.05) is 0 Å². The molecule has 1 aliphatic heterocycles. The van der Waals surface area contributed by atoms with E-state index in [-0.39, 0.29) is 0 Å². The van der Waals surface area contributed by atoms with E-state index in [4.69, 9.17) is 0 Å². The molecule has 0 radical (unpaired) electrons. The molecule has 0 spiro atoms. The van der Waals surface area contributed by atoms with Crippen LogP contribution in [-0.4, -0.2) is 16.2 Å². The van der Waals surface area contributed by atoms with Gasteiger partial charge in [-0.2, -0.15) is 5.10 Å². The lowest BCUT2D eigenvalue weighted by atomic mass is 10.2. The van der Waals surface area contributed by atoms with Gasteiger partial charge in [0.1, 0.15) is 5.65 Å². The van der Waals surface area contributed by atoms with E-state index >= 15 is 0 Å². The summed E-state index contributed by atoms with van der Waals surface area (Å²) < 4.78 is 1.22. The first kappa shape index (κ1) is 7.08. The minimum absolute atomic E-state index is 0.772. The number of nitrogens with one attached hydrogen (secondary N) is 2. The number of nitrogens with zero attached hydrogens (tertiary/aromatic N) is 2. The third-order valence-corrected chi connectivity index (χ3v) is 3.12. The van der Waals surface area contributed by atoms with Crippen molar-refractivity contribution in [2.75, 3.05) is 0 Å². The average Bonchev–Trinajstić information content (AvgIpc) is 2.60. The number of hydrogen-bond donors (Lipinski definition) is 2. The minimum atomic E-state index is 0.772. The molecule has 0 aromatic carbocycles. The Morgan fingerprint density at radius 1 is 1.54 bits per heavy atom. The molecule has 0 atom stereocenters. The fourth-order valence-corrected chi connectivity index (χ4v) is 2.46. The molecule has 2 aromatic rings. The number of hydrazone groups is 1. The Hall–Kier alpha value is -1.36. The highest BCUT2D eigenvalue weighted by atomic mass is 32.1. The summed E-state index contributed by atoms with van der Waals surface area (Å²) in [5, 5.41) is 5.13. The molecule has 3 heterocycles. The molecule has 2 aromatic heterocycles. The second-order valence-electron chi connectivity index (χ2n) is 3.02. The number of aromatic nitrogens is 2. The van der Waals surface area contributed by atoms with E-state index in [0.717, 1.165) is 17.2 Å². The number of H-pyrrole nitrogens is 1. The molecule has 0 amide bonds. The van der Waals surface area contributed by atoms with E-state index in [2.05, 4.69) is 20.5 Å². The summed E-state index contributed by atoms with van der Waals surface area (Å²) in [6, 6.07) is 0. The zero-order valence-corrected chi connectivity index (χ0v) is 7.90. The summed E-state index contributed by atoms with van der Waals surface area (Å²) in [5.41, 5.74) is 6.29. The molecular formula is C8H8N4S. The molecule has 2 N–H and O–H groups in total. The molecular weight excluding hydrogens is 184 g/mol. The van der Waals surface area contributed by atoms with Gasteiger partial charge in [-0.15, -0.1) is 11.3 Å². The van der Waals surface area contributed by atoms with Crippen molar-refractivity contribution < 1.29 is 0 Å². The zero-order valence-electron chi connectivity index (χ0n) is 7.09. The second-order valence-corrected chi connectivity index (χ2v) is 4.22. The van der Waals surface area contributed by atoms with Crippen molar-refractivity contribution in [2.24, 2.45) is 5.10 Å². The Bertz CT molecular complexity index is 493. The summed E-state index contributed by atoms with van der Waals surface area (Å²) in [4.78, 5) is 7.67. The van der Waals surface area contributed by atoms with Crippen LogP contribution in [0.5, 0.6) is 0 Å². The monoisotopic (exact) mass is 192 g/mol. The van der Waals surface area contributed by atoms with E-state index in [0.29, 0.717) is 0 Å². The SMILES string of the molecule is Cc1nc2[nH]c3c(c2s1)C=NNC3. The highest BCUT2D eigenvalue weighted by Gasteiger charge is 2.14.